The van der Waals surface area contributed by atoms with E-state index in [4.69, 9.17) is 4.74 Å². The molecule has 1 saturated carbocycles. The number of ether oxygens (including phenoxy) is 1. The van der Waals surface area contributed by atoms with Crippen LogP contribution in [-0.2, 0) is 6.42 Å². The van der Waals surface area contributed by atoms with Crippen LogP contribution in [0.2, 0.25) is 0 Å². The maximum atomic E-state index is 5.20. The lowest BCUT2D eigenvalue weighted by Gasteiger charge is -2.31. The number of hydrogen-bond donors (Lipinski definition) is 1. The van der Waals surface area contributed by atoms with Gasteiger partial charge in [-0.3, -0.25) is 0 Å². The van der Waals surface area contributed by atoms with Crippen molar-refractivity contribution in [3.8, 4) is 5.75 Å². The van der Waals surface area contributed by atoms with Crippen molar-refractivity contribution in [2.45, 2.75) is 64.5 Å². The third-order valence-electron chi connectivity index (χ3n) is 4.58. The van der Waals surface area contributed by atoms with E-state index in [1.54, 1.807) is 7.11 Å². The molecule has 0 aromatic heterocycles. The van der Waals surface area contributed by atoms with E-state index in [2.05, 4.69) is 43.4 Å². The second-order valence-corrected chi connectivity index (χ2v) is 6.26. The molecule has 0 saturated heterocycles. The van der Waals surface area contributed by atoms with Gasteiger partial charge in [-0.15, -0.1) is 0 Å². The highest BCUT2D eigenvalue weighted by Gasteiger charge is 2.21. The molecule has 3 atom stereocenters. The molecular formula is C18H29NO. The van der Waals surface area contributed by atoms with Gasteiger partial charge in [0.25, 0.3) is 0 Å². The molecule has 1 N–H and O–H groups in total. The Kier molecular flexibility index (Phi) is 5.90. The Morgan fingerprint density at radius 1 is 1.25 bits per heavy atom. The van der Waals surface area contributed by atoms with Crippen molar-refractivity contribution in [3.05, 3.63) is 29.8 Å². The van der Waals surface area contributed by atoms with Crippen LogP contribution in [-0.4, -0.2) is 19.2 Å². The van der Waals surface area contributed by atoms with Crippen LogP contribution in [0, 0.1) is 5.92 Å². The van der Waals surface area contributed by atoms with Crippen molar-refractivity contribution in [2.75, 3.05) is 7.11 Å². The summed E-state index contributed by atoms with van der Waals surface area (Å²) >= 11 is 0. The first-order chi connectivity index (χ1) is 9.71. The van der Waals surface area contributed by atoms with Gasteiger partial charge in [0.1, 0.15) is 5.75 Å². The van der Waals surface area contributed by atoms with Crippen molar-refractivity contribution < 1.29 is 4.74 Å². The summed E-state index contributed by atoms with van der Waals surface area (Å²) in [7, 11) is 1.71. The lowest BCUT2D eigenvalue weighted by Crippen LogP contribution is -2.40. The molecule has 3 unspecified atom stereocenters. The van der Waals surface area contributed by atoms with E-state index in [1.165, 1.54) is 37.7 Å². The fourth-order valence-corrected chi connectivity index (χ4v) is 3.39. The monoisotopic (exact) mass is 275 g/mol. The minimum Gasteiger partial charge on any atom is -0.497 e. The van der Waals surface area contributed by atoms with Crippen LogP contribution in [0.1, 0.15) is 51.5 Å². The van der Waals surface area contributed by atoms with Crippen LogP contribution < -0.4 is 10.1 Å². The first-order valence-electron chi connectivity index (χ1n) is 8.10. The maximum absolute atomic E-state index is 5.20. The number of benzene rings is 1. The Balaban J connectivity index is 1.80. The van der Waals surface area contributed by atoms with Crippen LogP contribution in [0.3, 0.4) is 0 Å². The second-order valence-electron chi connectivity index (χ2n) is 6.26. The molecule has 20 heavy (non-hydrogen) atoms. The summed E-state index contributed by atoms with van der Waals surface area (Å²) < 4.78 is 5.20. The fraction of sp³-hybridized carbons (Fsp3) is 0.667. The van der Waals surface area contributed by atoms with E-state index >= 15 is 0 Å². The topological polar surface area (TPSA) is 21.3 Å². The van der Waals surface area contributed by atoms with Gasteiger partial charge in [-0.2, -0.15) is 0 Å². The molecular weight excluding hydrogens is 246 g/mol. The lowest BCUT2D eigenvalue weighted by molar-refractivity contribution is 0.264. The molecule has 2 heteroatoms. The first-order valence-corrected chi connectivity index (χ1v) is 8.10. The molecule has 0 radical (unpaired) electrons. The highest BCUT2D eigenvalue weighted by Crippen LogP contribution is 2.27. The molecule has 1 aliphatic carbocycles. The van der Waals surface area contributed by atoms with Crippen molar-refractivity contribution in [1.29, 1.82) is 0 Å². The van der Waals surface area contributed by atoms with Gasteiger partial charge < -0.3 is 10.1 Å². The van der Waals surface area contributed by atoms with Crippen molar-refractivity contribution in [3.63, 3.8) is 0 Å². The Hall–Kier alpha value is -1.02. The molecule has 0 bridgehead atoms. The standard InChI is InChI=1S/C18H29NO/c1-4-15-6-5-7-17(13-15)19-14(2)12-16-8-10-18(20-3)11-9-16/h8-11,14-15,17,19H,4-7,12-13H2,1-3H3. The molecule has 1 aliphatic rings. The predicted molar refractivity (Wildman–Crippen MR) is 85.3 cm³/mol. The second kappa shape index (κ2) is 7.68. The zero-order valence-corrected chi connectivity index (χ0v) is 13.2. The predicted octanol–water partition coefficient (Wildman–Crippen LogP) is 4.18. The highest BCUT2D eigenvalue weighted by atomic mass is 16.5. The molecule has 112 valence electrons. The van der Waals surface area contributed by atoms with Gasteiger partial charge in [0, 0.05) is 12.1 Å². The third kappa shape index (κ3) is 4.52. The van der Waals surface area contributed by atoms with Crippen LogP contribution in [0.5, 0.6) is 5.75 Å². The van der Waals surface area contributed by atoms with E-state index in [9.17, 15) is 0 Å². The van der Waals surface area contributed by atoms with E-state index < -0.39 is 0 Å². The first kappa shape index (κ1) is 15.4. The van der Waals surface area contributed by atoms with Gasteiger partial charge in [0.05, 0.1) is 7.11 Å². The summed E-state index contributed by atoms with van der Waals surface area (Å²) in [6.07, 6.45) is 7.97. The van der Waals surface area contributed by atoms with E-state index in [-0.39, 0.29) is 0 Å². The highest BCUT2D eigenvalue weighted by molar-refractivity contribution is 5.27. The Bertz CT molecular complexity index is 387. The average Bonchev–Trinajstić information content (AvgIpc) is 2.48. The Labute approximate surface area is 123 Å². The summed E-state index contributed by atoms with van der Waals surface area (Å²) in [6.45, 7) is 4.63. The minimum absolute atomic E-state index is 0.545. The minimum atomic E-state index is 0.545. The van der Waals surface area contributed by atoms with Crippen LogP contribution in [0.25, 0.3) is 0 Å². The zero-order chi connectivity index (χ0) is 14.4. The molecule has 1 aromatic carbocycles. The largest absolute Gasteiger partial charge is 0.497 e. The van der Waals surface area contributed by atoms with Gasteiger partial charge in [-0.1, -0.05) is 38.3 Å². The molecule has 0 aliphatic heterocycles. The normalized spacial score (nSPS) is 24.4. The van der Waals surface area contributed by atoms with E-state index in [1.807, 2.05) is 0 Å². The quantitative estimate of drug-likeness (QED) is 0.840. The number of nitrogens with one attached hydrogen (secondary N) is 1. The van der Waals surface area contributed by atoms with Crippen molar-refractivity contribution in [1.82, 2.24) is 5.32 Å². The molecule has 1 fully saturated rings. The van der Waals surface area contributed by atoms with E-state index in [0.717, 1.165) is 24.1 Å². The third-order valence-corrected chi connectivity index (χ3v) is 4.58. The summed E-state index contributed by atoms with van der Waals surface area (Å²) in [5, 5.41) is 3.83. The summed E-state index contributed by atoms with van der Waals surface area (Å²) in [5.41, 5.74) is 1.38. The fourth-order valence-electron chi connectivity index (χ4n) is 3.39. The van der Waals surface area contributed by atoms with Gasteiger partial charge >= 0.3 is 0 Å². The van der Waals surface area contributed by atoms with Gasteiger partial charge in [-0.25, -0.2) is 0 Å². The van der Waals surface area contributed by atoms with Crippen LogP contribution in [0.15, 0.2) is 24.3 Å². The zero-order valence-electron chi connectivity index (χ0n) is 13.2. The Morgan fingerprint density at radius 3 is 2.65 bits per heavy atom. The van der Waals surface area contributed by atoms with Gasteiger partial charge in [-0.05, 0) is 49.8 Å². The molecule has 2 rings (SSSR count). The molecule has 0 amide bonds. The van der Waals surface area contributed by atoms with E-state index in [0.29, 0.717) is 6.04 Å². The van der Waals surface area contributed by atoms with Crippen LogP contribution >= 0.6 is 0 Å². The number of methoxy groups -OCH3 is 1. The lowest BCUT2D eigenvalue weighted by atomic mass is 9.84. The summed E-state index contributed by atoms with van der Waals surface area (Å²) in [4.78, 5) is 0. The van der Waals surface area contributed by atoms with Gasteiger partial charge in [0.15, 0.2) is 0 Å². The Morgan fingerprint density at radius 2 is 2.00 bits per heavy atom. The summed E-state index contributed by atoms with van der Waals surface area (Å²) in [5.74, 6) is 1.88. The van der Waals surface area contributed by atoms with Gasteiger partial charge in [0.2, 0.25) is 0 Å². The SMILES string of the molecule is CCC1CCCC(NC(C)Cc2ccc(OC)cc2)C1. The molecule has 0 spiro atoms. The van der Waals surface area contributed by atoms with Crippen molar-refractivity contribution >= 4 is 0 Å². The summed E-state index contributed by atoms with van der Waals surface area (Å²) in [6, 6.07) is 9.72. The average molecular weight is 275 g/mol. The van der Waals surface area contributed by atoms with Crippen molar-refractivity contribution in [2.24, 2.45) is 5.92 Å². The molecule has 2 nitrogen and oxygen atoms in total. The molecule has 0 heterocycles. The molecule has 1 aromatic rings. The smallest absolute Gasteiger partial charge is 0.118 e. The van der Waals surface area contributed by atoms with Crippen LogP contribution in [0.4, 0.5) is 0 Å². The number of rotatable bonds is 6. The number of hydrogen-bond acceptors (Lipinski definition) is 2. The maximum Gasteiger partial charge on any atom is 0.118 e.